The zero-order valence-electron chi connectivity index (χ0n) is 14.8. The van der Waals surface area contributed by atoms with E-state index in [9.17, 15) is 4.79 Å². The average Bonchev–Trinajstić information content (AvgIpc) is 2.62. The Labute approximate surface area is 149 Å². The van der Waals surface area contributed by atoms with Gasteiger partial charge in [0.15, 0.2) is 0 Å². The van der Waals surface area contributed by atoms with E-state index in [1.807, 2.05) is 37.3 Å². The van der Waals surface area contributed by atoms with Gasteiger partial charge in [-0.2, -0.15) is 0 Å². The maximum atomic E-state index is 12.2. The molecule has 134 valence electrons. The highest BCUT2D eigenvalue weighted by atomic mass is 16.5. The number of aliphatic hydroxyl groups is 1. The van der Waals surface area contributed by atoms with Crippen molar-refractivity contribution in [3.05, 3.63) is 65.2 Å². The Bertz CT molecular complexity index is 674. The van der Waals surface area contributed by atoms with Crippen molar-refractivity contribution in [2.24, 2.45) is 0 Å². The summed E-state index contributed by atoms with van der Waals surface area (Å²) in [6, 6.07) is 15.9. The van der Waals surface area contributed by atoms with Gasteiger partial charge in [-0.3, -0.25) is 4.79 Å². The van der Waals surface area contributed by atoms with Crippen LogP contribution >= 0.6 is 0 Å². The van der Waals surface area contributed by atoms with Gasteiger partial charge in [0.05, 0.1) is 19.3 Å². The van der Waals surface area contributed by atoms with Crippen LogP contribution in [-0.4, -0.2) is 43.9 Å². The number of rotatable bonds is 9. The van der Waals surface area contributed by atoms with Crippen molar-refractivity contribution in [1.82, 2.24) is 5.32 Å². The number of anilines is 1. The molecule has 0 aliphatic rings. The van der Waals surface area contributed by atoms with Crippen LogP contribution in [-0.2, 0) is 11.2 Å². The molecule has 1 unspecified atom stereocenters. The summed E-state index contributed by atoms with van der Waals surface area (Å²) in [5, 5.41) is 15.1. The van der Waals surface area contributed by atoms with Gasteiger partial charge < -0.3 is 20.5 Å². The molecule has 3 N–H and O–H groups in total. The summed E-state index contributed by atoms with van der Waals surface area (Å²) in [6.07, 6.45) is 0.828. The van der Waals surface area contributed by atoms with E-state index in [4.69, 9.17) is 9.84 Å². The lowest BCUT2D eigenvalue weighted by Crippen LogP contribution is -2.29. The van der Waals surface area contributed by atoms with Gasteiger partial charge in [0.25, 0.3) is 5.91 Å². The predicted molar refractivity (Wildman–Crippen MR) is 100 cm³/mol. The summed E-state index contributed by atoms with van der Waals surface area (Å²) in [5.41, 5.74) is 3.63. The Hall–Kier alpha value is -2.37. The molecule has 0 aliphatic carbocycles. The second kappa shape index (κ2) is 9.81. The summed E-state index contributed by atoms with van der Waals surface area (Å²) in [6.45, 7) is 2.66. The molecule has 1 atom stereocenters. The van der Waals surface area contributed by atoms with E-state index in [2.05, 4.69) is 22.8 Å². The Morgan fingerprint density at radius 2 is 1.92 bits per heavy atom. The van der Waals surface area contributed by atoms with Crippen LogP contribution in [0, 0.1) is 6.92 Å². The van der Waals surface area contributed by atoms with Crippen molar-refractivity contribution < 1.29 is 14.6 Å². The van der Waals surface area contributed by atoms with E-state index >= 15 is 0 Å². The fraction of sp³-hybridized carbons (Fsp3) is 0.350. The molecule has 0 bridgehead atoms. The van der Waals surface area contributed by atoms with Gasteiger partial charge in [-0.15, -0.1) is 0 Å². The number of ether oxygens (including phenoxy) is 1. The lowest BCUT2D eigenvalue weighted by molar-refractivity contribution is 0.0944. The van der Waals surface area contributed by atoms with Crippen LogP contribution in [0.4, 0.5) is 5.69 Å². The van der Waals surface area contributed by atoms with Crippen molar-refractivity contribution in [3.8, 4) is 0 Å². The second-order valence-corrected chi connectivity index (χ2v) is 5.94. The first-order chi connectivity index (χ1) is 12.2. The largest absolute Gasteiger partial charge is 0.395 e. The van der Waals surface area contributed by atoms with Crippen LogP contribution in [0.3, 0.4) is 0 Å². The number of amides is 1. The first-order valence-electron chi connectivity index (χ1n) is 8.43. The van der Waals surface area contributed by atoms with Crippen LogP contribution in [0.5, 0.6) is 0 Å². The van der Waals surface area contributed by atoms with Gasteiger partial charge in [-0.1, -0.05) is 36.4 Å². The molecule has 0 saturated carbocycles. The van der Waals surface area contributed by atoms with Gasteiger partial charge in [0.1, 0.15) is 0 Å². The minimum atomic E-state index is -0.179. The predicted octanol–water partition coefficient (Wildman–Crippen LogP) is 2.39. The Balaban J connectivity index is 2.14. The first kappa shape index (κ1) is 19.0. The molecule has 2 rings (SSSR count). The van der Waals surface area contributed by atoms with Crippen molar-refractivity contribution in [2.45, 2.75) is 19.4 Å². The molecule has 2 aromatic rings. The standard InChI is InChI=1S/C20H26N2O3/c1-15-18(20(24)21-11-12-23)9-6-10-19(15)22-17(14-25-2)13-16-7-4-3-5-8-16/h3-10,17,22-23H,11-14H2,1-2H3,(H,21,24). The maximum absolute atomic E-state index is 12.2. The Kier molecular flexibility index (Phi) is 7.44. The lowest BCUT2D eigenvalue weighted by atomic mass is 10.0. The van der Waals surface area contributed by atoms with Crippen molar-refractivity contribution in [1.29, 1.82) is 0 Å². The number of hydrogen-bond donors (Lipinski definition) is 3. The molecular formula is C20H26N2O3. The molecule has 0 aliphatic heterocycles. The Morgan fingerprint density at radius 1 is 1.16 bits per heavy atom. The monoisotopic (exact) mass is 342 g/mol. The van der Waals surface area contributed by atoms with E-state index in [-0.39, 0.29) is 25.1 Å². The zero-order valence-corrected chi connectivity index (χ0v) is 14.8. The summed E-state index contributed by atoms with van der Waals surface area (Å²) < 4.78 is 5.35. The van der Waals surface area contributed by atoms with Crippen molar-refractivity contribution in [3.63, 3.8) is 0 Å². The molecule has 1 amide bonds. The molecule has 0 aromatic heterocycles. The number of hydrogen-bond acceptors (Lipinski definition) is 4. The molecule has 2 aromatic carbocycles. The average molecular weight is 342 g/mol. The fourth-order valence-corrected chi connectivity index (χ4v) is 2.77. The van der Waals surface area contributed by atoms with Gasteiger partial charge in [-0.05, 0) is 36.6 Å². The topological polar surface area (TPSA) is 70.6 Å². The summed E-state index contributed by atoms with van der Waals surface area (Å²) in [4.78, 5) is 12.2. The van der Waals surface area contributed by atoms with Gasteiger partial charge in [0.2, 0.25) is 0 Å². The Morgan fingerprint density at radius 3 is 2.60 bits per heavy atom. The third kappa shape index (κ3) is 5.59. The van der Waals surface area contributed by atoms with E-state index in [0.29, 0.717) is 12.2 Å². The van der Waals surface area contributed by atoms with Crippen LogP contribution in [0.2, 0.25) is 0 Å². The molecule has 0 heterocycles. The SMILES string of the molecule is COCC(Cc1ccccc1)Nc1cccc(C(=O)NCCO)c1C. The molecular weight excluding hydrogens is 316 g/mol. The van der Waals surface area contributed by atoms with Crippen LogP contribution < -0.4 is 10.6 Å². The van der Waals surface area contributed by atoms with Crippen LogP contribution in [0.15, 0.2) is 48.5 Å². The number of methoxy groups -OCH3 is 1. The zero-order chi connectivity index (χ0) is 18.1. The smallest absolute Gasteiger partial charge is 0.251 e. The number of carbonyl (C=O) groups is 1. The summed E-state index contributed by atoms with van der Waals surface area (Å²) in [5.74, 6) is -0.179. The van der Waals surface area contributed by atoms with Crippen LogP contribution in [0.1, 0.15) is 21.5 Å². The third-order valence-electron chi connectivity index (χ3n) is 4.03. The molecule has 0 fully saturated rings. The highest BCUT2D eigenvalue weighted by molar-refractivity contribution is 5.97. The number of carbonyl (C=O) groups excluding carboxylic acids is 1. The lowest BCUT2D eigenvalue weighted by Gasteiger charge is -2.21. The number of benzene rings is 2. The molecule has 0 spiro atoms. The van der Waals surface area contributed by atoms with Gasteiger partial charge in [-0.25, -0.2) is 0 Å². The second-order valence-electron chi connectivity index (χ2n) is 5.94. The van der Waals surface area contributed by atoms with E-state index in [1.54, 1.807) is 13.2 Å². The minimum absolute atomic E-state index is 0.0737. The van der Waals surface area contributed by atoms with E-state index < -0.39 is 0 Å². The maximum Gasteiger partial charge on any atom is 0.251 e. The van der Waals surface area contributed by atoms with Crippen molar-refractivity contribution in [2.75, 3.05) is 32.2 Å². The highest BCUT2D eigenvalue weighted by Crippen LogP contribution is 2.21. The van der Waals surface area contributed by atoms with Gasteiger partial charge >= 0.3 is 0 Å². The molecule has 5 nitrogen and oxygen atoms in total. The first-order valence-corrected chi connectivity index (χ1v) is 8.43. The molecule has 5 heteroatoms. The molecule has 25 heavy (non-hydrogen) atoms. The fourth-order valence-electron chi connectivity index (χ4n) is 2.77. The van der Waals surface area contributed by atoms with Crippen molar-refractivity contribution >= 4 is 11.6 Å². The normalized spacial score (nSPS) is 11.8. The number of nitrogens with one attached hydrogen (secondary N) is 2. The van der Waals surface area contributed by atoms with Gasteiger partial charge in [0, 0.05) is 24.9 Å². The summed E-state index contributed by atoms with van der Waals surface area (Å²) >= 11 is 0. The quantitative estimate of drug-likeness (QED) is 0.654. The summed E-state index contributed by atoms with van der Waals surface area (Å²) in [7, 11) is 1.69. The van der Waals surface area contributed by atoms with Crippen LogP contribution in [0.25, 0.3) is 0 Å². The number of aliphatic hydroxyl groups excluding tert-OH is 1. The molecule has 0 saturated heterocycles. The van der Waals surface area contributed by atoms with E-state index in [0.717, 1.165) is 17.7 Å². The minimum Gasteiger partial charge on any atom is -0.395 e. The van der Waals surface area contributed by atoms with E-state index in [1.165, 1.54) is 5.56 Å². The molecule has 0 radical (unpaired) electrons. The third-order valence-corrected chi connectivity index (χ3v) is 4.03. The highest BCUT2D eigenvalue weighted by Gasteiger charge is 2.15.